The third-order valence-electron chi connectivity index (χ3n) is 4.70. The third-order valence-corrected chi connectivity index (χ3v) is 6.57. The molecule has 0 bridgehead atoms. The van der Waals surface area contributed by atoms with Crippen LogP contribution in [0.15, 0.2) is 42.5 Å². The Balaban J connectivity index is 1.88. The van der Waals surface area contributed by atoms with Gasteiger partial charge in [-0.1, -0.05) is 24.3 Å². The molecule has 0 radical (unpaired) electrons. The standard InChI is InChI=1S/C20H21F2NO4S/c1-12(2)28(25,26)23-18-9-10-19(24)27-20(18)14-5-3-13(4-6-14)16-8-7-15(21)11-17(16)22/h3-8,11-12,18,20,23H,9-10H2,1-2H3. The second-order valence-electron chi connectivity index (χ2n) is 7.01. The van der Waals surface area contributed by atoms with Gasteiger partial charge in [-0.15, -0.1) is 0 Å². The molecule has 5 nitrogen and oxygen atoms in total. The lowest BCUT2D eigenvalue weighted by Crippen LogP contribution is -2.46. The predicted octanol–water partition coefficient (Wildman–Crippen LogP) is 3.71. The highest BCUT2D eigenvalue weighted by Crippen LogP contribution is 2.32. The van der Waals surface area contributed by atoms with E-state index in [-0.39, 0.29) is 12.0 Å². The highest BCUT2D eigenvalue weighted by molar-refractivity contribution is 7.90. The summed E-state index contributed by atoms with van der Waals surface area (Å²) < 4.78 is 59.6. The van der Waals surface area contributed by atoms with Crippen LogP contribution in [0.5, 0.6) is 0 Å². The predicted molar refractivity (Wildman–Crippen MR) is 101 cm³/mol. The Bertz CT molecular complexity index is 974. The van der Waals surface area contributed by atoms with E-state index in [1.807, 2.05) is 0 Å². The Morgan fingerprint density at radius 2 is 1.79 bits per heavy atom. The Kier molecular flexibility index (Phi) is 5.81. The van der Waals surface area contributed by atoms with Crippen LogP contribution in [-0.2, 0) is 19.6 Å². The Hall–Kier alpha value is -2.32. The topological polar surface area (TPSA) is 72.5 Å². The fourth-order valence-electron chi connectivity index (χ4n) is 3.05. The number of sulfonamides is 1. The lowest BCUT2D eigenvalue weighted by Gasteiger charge is -2.32. The van der Waals surface area contributed by atoms with E-state index in [1.165, 1.54) is 12.1 Å². The number of ether oxygens (including phenoxy) is 1. The summed E-state index contributed by atoms with van der Waals surface area (Å²) in [5, 5.41) is -0.616. The number of carbonyl (C=O) groups is 1. The first-order valence-electron chi connectivity index (χ1n) is 8.93. The summed E-state index contributed by atoms with van der Waals surface area (Å²) in [7, 11) is -3.54. The summed E-state index contributed by atoms with van der Waals surface area (Å²) in [5.74, 6) is -1.75. The van der Waals surface area contributed by atoms with Crippen molar-refractivity contribution < 1.29 is 26.7 Å². The number of benzene rings is 2. The van der Waals surface area contributed by atoms with Gasteiger partial charge in [-0.05, 0) is 43.5 Å². The fraction of sp³-hybridized carbons (Fsp3) is 0.350. The molecular formula is C20H21F2NO4S. The largest absolute Gasteiger partial charge is 0.456 e. The molecule has 0 spiro atoms. The average molecular weight is 409 g/mol. The molecule has 1 aliphatic heterocycles. The molecule has 1 saturated heterocycles. The van der Waals surface area contributed by atoms with E-state index in [0.29, 0.717) is 17.5 Å². The smallest absolute Gasteiger partial charge is 0.306 e. The van der Waals surface area contributed by atoms with Crippen LogP contribution in [0.4, 0.5) is 8.78 Å². The van der Waals surface area contributed by atoms with Crippen molar-refractivity contribution in [1.29, 1.82) is 0 Å². The molecule has 0 aromatic heterocycles. The van der Waals surface area contributed by atoms with E-state index in [2.05, 4.69) is 4.72 Å². The summed E-state index contributed by atoms with van der Waals surface area (Å²) in [6, 6.07) is 9.30. The quantitative estimate of drug-likeness (QED) is 0.765. The van der Waals surface area contributed by atoms with Crippen LogP contribution in [0.3, 0.4) is 0 Å². The number of rotatable bonds is 5. The third kappa shape index (κ3) is 4.39. The summed E-state index contributed by atoms with van der Waals surface area (Å²) >= 11 is 0. The lowest BCUT2D eigenvalue weighted by molar-refractivity contribution is -0.156. The number of hydrogen-bond acceptors (Lipinski definition) is 4. The minimum Gasteiger partial charge on any atom is -0.456 e. The van der Waals surface area contributed by atoms with Crippen molar-refractivity contribution in [3.05, 3.63) is 59.7 Å². The Morgan fingerprint density at radius 3 is 2.39 bits per heavy atom. The average Bonchev–Trinajstić information content (AvgIpc) is 2.63. The Morgan fingerprint density at radius 1 is 1.11 bits per heavy atom. The minimum atomic E-state index is -3.54. The second kappa shape index (κ2) is 7.97. The summed E-state index contributed by atoms with van der Waals surface area (Å²) in [5.41, 5.74) is 1.36. The molecule has 1 N–H and O–H groups in total. The van der Waals surface area contributed by atoms with Gasteiger partial charge in [0.15, 0.2) is 0 Å². The molecule has 2 aromatic rings. The highest BCUT2D eigenvalue weighted by Gasteiger charge is 2.35. The summed E-state index contributed by atoms with van der Waals surface area (Å²) in [4.78, 5) is 11.8. The molecule has 1 aliphatic rings. The van der Waals surface area contributed by atoms with Gasteiger partial charge in [0, 0.05) is 18.1 Å². The number of halogens is 2. The van der Waals surface area contributed by atoms with Gasteiger partial charge in [0.05, 0.1) is 11.3 Å². The SMILES string of the molecule is CC(C)S(=O)(=O)NC1CCC(=O)OC1c1ccc(-c2ccc(F)cc2F)cc1. The number of carbonyl (C=O) groups excluding carboxylic acids is 1. The summed E-state index contributed by atoms with van der Waals surface area (Å²) in [6.07, 6.45) is -0.327. The van der Waals surface area contributed by atoms with Crippen molar-refractivity contribution in [1.82, 2.24) is 4.72 Å². The van der Waals surface area contributed by atoms with Crippen molar-refractivity contribution in [2.24, 2.45) is 0 Å². The van der Waals surface area contributed by atoms with Crippen molar-refractivity contribution in [3.63, 3.8) is 0 Å². The monoisotopic (exact) mass is 409 g/mol. The molecule has 0 amide bonds. The van der Waals surface area contributed by atoms with Crippen LogP contribution in [-0.4, -0.2) is 25.7 Å². The van der Waals surface area contributed by atoms with Crippen molar-refractivity contribution in [2.45, 2.75) is 44.1 Å². The molecule has 3 rings (SSSR count). The molecule has 0 saturated carbocycles. The van der Waals surface area contributed by atoms with Crippen LogP contribution < -0.4 is 4.72 Å². The molecule has 150 valence electrons. The van der Waals surface area contributed by atoms with Gasteiger partial charge in [0.2, 0.25) is 10.0 Å². The Labute approximate surface area is 162 Å². The second-order valence-corrected chi connectivity index (χ2v) is 9.28. The first-order valence-corrected chi connectivity index (χ1v) is 10.5. The normalized spacial score (nSPS) is 20.2. The van der Waals surface area contributed by atoms with E-state index in [4.69, 9.17) is 4.74 Å². The van der Waals surface area contributed by atoms with Gasteiger partial charge in [0.1, 0.15) is 17.7 Å². The molecular weight excluding hydrogens is 388 g/mol. The minimum absolute atomic E-state index is 0.126. The lowest BCUT2D eigenvalue weighted by atomic mass is 9.94. The maximum absolute atomic E-state index is 14.0. The zero-order valence-corrected chi connectivity index (χ0v) is 16.3. The highest BCUT2D eigenvalue weighted by atomic mass is 32.2. The molecule has 0 aliphatic carbocycles. The molecule has 2 atom stereocenters. The van der Waals surface area contributed by atoms with Gasteiger partial charge >= 0.3 is 5.97 Å². The number of cyclic esters (lactones) is 1. The van der Waals surface area contributed by atoms with Crippen LogP contribution in [0, 0.1) is 11.6 Å². The van der Waals surface area contributed by atoms with Gasteiger partial charge in [-0.25, -0.2) is 21.9 Å². The first-order chi connectivity index (χ1) is 13.2. The van der Waals surface area contributed by atoms with Crippen molar-refractivity contribution in [2.75, 3.05) is 0 Å². The van der Waals surface area contributed by atoms with Gasteiger partial charge in [0.25, 0.3) is 0 Å². The maximum Gasteiger partial charge on any atom is 0.306 e. The van der Waals surface area contributed by atoms with Crippen LogP contribution in [0.1, 0.15) is 38.4 Å². The fourth-order valence-corrected chi connectivity index (χ4v) is 3.99. The zero-order chi connectivity index (χ0) is 20.5. The van der Waals surface area contributed by atoms with E-state index in [9.17, 15) is 22.0 Å². The van der Waals surface area contributed by atoms with Gasteiger partial charge in [-0.2, -0.15) is 0 Å². The van der Waals surface area contributed by atoms with Crippen LogP contribution in [0.25, 0.3) is 11.1 Å². The van der Waals surface area contributed by atoms with E-state index < -0.39 is 45.0 Å². The van der Waals surface area contributed by atoms with Crippen molar-refractivity contribution in [3.8, 4) is 11.1 Å². The molecule has 2 aromatic carbocycles. The van der Waals surface area contributed by atoms with E-state index in [0.717, 1.165) is 6.07 Å². The molecule has 28 heavy (non-hydrogen) atoms. The number of nitrogens with one attached hydrogen (secondary N) is 1. The molecule has 1 fully saturated rings. The van der Waals surface area contributed by atoms with Gasteiger partial charge in [-0.3, -0.25) is 4.79 Å². The van der Waals surface area contributed by atoms with Crippen LogP contribution >= 0.6 is 0 Å². The van der Waals surface area contributed by atoms with E-state index >= 15 is 0 Å². The number of hydrogen-bond donors (Lipinski definition) is 1. The molecule has 8 heteroatoms. The zero-order valence-electron chi connectivity index (χ0n) is 15.5. The van der Waals surface area contributed by atoms with Crippen LogP contribution in [0.2, 0.25) is 0 Å². The van der Waals surface area contributed by atoms with Crippen molar-refractivity contribution >= 4 is 16.0 Å². The van der Waals surface area contributed by atoms with Gasteiger partial charge < -0.3 is 4.74 Å². The first kappa shape index (κ1) is 20.4. The van der Waals surface area contributed by atoms with E-state index in [1.54, 1.807) is 38.1 Å². The number of esters is 1. The molecule has 1 heterocycles. The maximum atomic E-state index is 14.0. The molecule has 2 unspecified atom stereocenters. The summed E-state index contributed by atoms with van der Waals surface area (Å²) in [6.45, 7) is 3.14.